The monoisotopic (exact) mass is 328 g/mol. The minimum Gasteiger partial charge on any atom is -0.493 e. The standard InChI is InChI=1S/C17H16N2OS2/c1-2-13-19-16(20)15(22-17(19)21)11-7-4-8-12-18-14-9-5-3-6-10-14/h2-12,20H,1,13H2/b8-4+,11-7+,18-12?. The van der Waals surface area contributed by atoms with Crippen LogP contribution in [-0.4, -0.2) is 15.9 Å². The van der Waals surface area contributed by atoms with Crippen molar-refractivity contribution in [2.75, 3.05) is 0 Å². The Morgan fingerprint density at radius 3 is 2.73 bits per heavy atom. The maximum atomic E-state index is 10.0. The Balaban J connectivity index is 1.99. The number of aromatic hydroxyl groups is 1. The molecule has 2 aromatic rings. The summed E-state index contributed by atoms with van der Waals surface area (Å²) in [5, 5.41) is 10.0. The van der Waals surface area contributed by atoms with Gasteiger partial charge in [-0.3, -0.25) is 9.56 Å². The summed E-state index contributed by atoms with van der Waals surface area (Å²) in [6.45, 7) is 4.16. The van der Waals surface area contributed by atoms with Crippen molar-refractivity contribution in [1.29, 1.82) is 0 Å². The number of nitrogens with zero attached hydrogens (tertiary/aromatic N) is 2. The Kier molecular flexibility index (Phi) is 6.06. The summed E-state index contributed by atoms with van der Waals surface area (Å²) in [6.07, 6.45) is 10.8. The molecule has 1 N–H and O–H groups in total. The number of thiazole rings is 1. The summed E-state index contributed by atoms with van der Waals surface area (Å²) < 4.78 is 2.28. The zero-order chi connectivity index (χ0) is 15.8. The number of para-hydroxylation sites is 1. The first-order chi connectivity index (χ1) is 10.7. The fourth-order valence-electron chi connectivity index (χ4n) is 1.71. The molecule has 0 aliphatic carbocycles. The molecule has 1 aromatic carbocycles. The molecule has 0 amide bonds. The molecule has 112 valence electrons. The maximum Gasteiger partial charge on any atom is 0.210 e. The van der Waals surface area contributed by atoms with Crippen molar-refractivity contribution >= 4 is 41.5 Å². The van der Waals surface area contributed by atoms with Gasteiger partial charge in [0.25, 0.3) is 0 Å². The Hall–Kier alpha value is -2.24. The van der Waals surface area contributed by atoms with Gasteiger partial charge in [-0.2, -0.15) is 0 Å². The van der Waals surface area contributed by atoms with Crippen LogP contribution in [0.25, 0.3) is 6.08 Å². The maximum absolute atomic E-state index is 10.0. The zero-order valence-electron chi connectivity index (χ0n) is 11.9. The predicted molar refractivity (Wildman–Crippen MR) is 97.8 cm³/mol. The van der Waals surface area contributed by atoms with E-state index in [9.17, 15) is 5.11 Å². The summed E-state index contributed by atoms with van der Waals surface area (Å²) >= 11 is 6.57. The highest BCUT2D eigenvalue weighted by Gasteiger charge is 2.07. The van der Waals surface area contributed by atoms with E-state index in [1.807, 2.05) is 54.6 Å². The molecular formula is C17H16N2OS2. The van der Waals surface area contributed by atoms with Gasteiger partial charge in [-0.15, -0.1) is 17.9 Å². The zero-order valence-corrected chi connectivity index (χ0v) is 13.6. The molecule has 3 nitrogen and oxygen atoms in total. The van der Waals surface area contributed by atoms with E-state index in [0.717, 1.165) is 10.6 Å². The van der Waals surface area contributed by atoms with Crippen LogP contribution in [0.3, 0.4) is 0 Å². The minimum absolute atomic E-state index is 0.178. The molecule has 22 heavy (non-hydrogen) atoms. The van der Waals surface area contributed by atoms with Crippen LogP contribution in [0.2, 0.25) is 0 Å². The summed E-state index contributed by atoms with van der Waals surface area (Å²) in [7, 11) is 0. The van der Waals surface area contributed by atoms with Crippen LogP contribution in [0.1, 0.15) is 4.88 Å². The van der Waals surface area contributed by atoms with E-state index in [1.165, 1.54) is 11.3 Å². The van der Waals surface area contributed by atoms with E-state index in [1.54, 1.807) is 16.9 Å². The van der Waals surface area contributed by atoms with E-state index in [0.29, 0.717) is 10.5 Å². The lowest BCUT2D eigenvalue weighted by Gasteiger charge is -1.98. The molecule has 2 rings (SSSR count). The quantitative estimate of drug-likeness (QED) is 0.345. The van der Waals surface area contributed by atoms with Gasteiger partial charge in [0.2, 0.25) is 5.88 Å². The van der Waals surface area contributed by atoms with Crippen LogP contribution in [-0.2, 0) is 6.54 Å². The van der Waals surface area contributed by atoms with E-state index in [2.05, 4.69) is 11.6 Å². The molecule has 1 heterocycles. The molecule has 0 atom stereocenters. The normalized spacial score (nSPS) is 11.8. The Bertz CT molecular complexity index is 768. The molecule has 0 saturated heterocycles. The van der Waals surface area contributed by atoms with Crippen LogP contribution in [0.5, 0.6) is 5.88 Å². The second-order valence-corrected chi connectivity index (χ2v) is 5.99. The lowest BCUT2D eigenvalue weighted by atomic mass is 10.3. The Morgan fingerprint density at radius 2 is 2.00 bits per heavy atom. The molecule has 0 aliphatic heterocycles. The lowest BCUT2D eigenvalue weighted by Crippen LogP contribution is -1.92. The highest BCUT2D eigenvalue weighted by Crippen LogP contribution is 2.27. The summed E-state index contributed by atoms with van der Waals surface area (Å²) in [6, 6.07) is 9.72. The van der Waals surface area contributed by atoms with Crippen molar-refractivity contribution in [2.45, 2.75) is 6.54 Å². The van der Waals surface area contributed by atoms with Crippen LogP contribution in [0.15, 0.2) is 66.2 Å². The number of rotatable bonds is 6. The highest BCUT2D eigenvalue weighted by atomic mass is 32.1. The number of hydrogen-bond acceptors (Lipinski definition) is 4. The third-order valence-corrected chi connectivity index (χ3v) is 4.15. The predicted octanol–water partition coefficient (Wildman–Crippen LogP) is 5.14. The van der Waals surface area contributed by atoms with Crippen molar-refractivity contribution in [3.05, 3.63) is 70.0 Å². The SMILES string of the molecule is C=CCn1c(O)c(/C=C/C=C/C=Nc2ccccc2)sc1=S. The summed E-state index contributed by atoms with van der Waals surface area (Å²) in [4.78, 5) is 5.02. The van der Waals surface area contributed by atoms with Crippen LogP contribution >= 0.6 is 23.6 Å². The van der Waals surface area contributed by atoms with Crippen LogP contribution < -0.4 is 0 Å². The molecular weight excluding hydrogens is 312 g/mol. The summed E-state index contributed by atoms with van der Waals surface area (Å²) in [5.74, 6) is 0.178. The van der Waals surface area contributed by atoms with Crippen molar-refractivity contribution in [3.8, 4) is 5.88 Å². The van der Waals surface area contributed by atoms with Crippen LogP contribution in [0, 0.1) is 3.95 Å². The first kappa shape index (κ1) is 16.1. The third-order valence-electron chi connectivity index (χ3n) is 2.74. The number of benzene rings is 1. The van der Waals surface area contributed by atoms with E-state index >= 15 is 0 Å². The molecule has 0 radical (unpaired) electrons. The van der Waals surface area contributed by atoms with Crippen molar-refractivity contribution in [1.82, 2.24) is 4.57 Å². The van der Waals surface area contributed by atoms with Gasteiger partial charge in [-0.25, -0.2) is 0 Å². The average Bonchev–Trinajstić information content (AvgIpc) is 2.80. The largest absolute Gasteiger partial charge is 0.493 e. The fraction of sp³-hybridized carbons (Fsp3) is 0.0588. The van der Waals surface area contributed by atoms with Gasteiger partial charge < -0.3 is 5.11 Å². The summed E-state index contributed by atoms with van der Waals surface area (Å²) in [5.41, 5.74) is 0.910. The van der Waals surface area contributed by atoms with E-state index < -0.39 is 0 Å². The molecule has 5 heteroatoms. The number of aromatic nitrogens is 1. The van der Waals surface area contributed by atoms with Crippen molar-refractivity contribution in [3.63, 3.8) is 0 Å². The number of allylic oxidation sites excluding steroid dienone is 4. The molecule has 0 spiro atoms. The van der Waals surface area contributed by atoms with Gasteiger partial charge >= 0.3 is 0 Å². The number of hydrogen-bond donors (Lipinski definition) is 1. The molecule has 1 aromatic heterocycles. The van der Waals surface area contributed by atoms with Crippen molar-refractivity contribution < 1.29 is 5.11 Å². The van der Waals surface area contributed by atoms with Gasteiger partial charge in [-0.05, 0) is 36.5 Å². The topological polar surface area (TPSA) is 37.5 Å². The van der Waals surface area contributed by atoms with Gasteiger partial charge in [0, 0.05) is 12.8 Å². The first-order valence-electron chi connectivity index (χ1n) is 6.68. The van der Waals surface area contributed by atoms with E-state index in [4.69, 9.17) is 12.2 Å². The average molecular weight is 328 g/mol. The van der Waals surface area contributed by atoms with Crippen LogP contribution in [0.4, 0.5) is 5.69 Å². The molecule has 0 aliphatic rings. The molecule has 0 unspecified atom stereocenters. The first-order valence-corrected chi connectivity index (χ1v) is 7.91. The third kappa shape index (κ3) is 4.38. The van der Waals surface area contributed by atoms with Gasteiger partial charge in [0.05, 0.1) is 10.6 Å². The Morgan fingerprint density at radius 1 is 1.23 bits per heavy atom. The van der Waals surface area contributed by atoms with Gasteiger partial charge in [0.15, 0.2) is 3.95 Å². The second kappa shape index (κ2) is 8.26. The second-order valence-electron chi connectivity index (χ2n) is 4.31. The lowest BCUT2D eigenvalue weighted by molar-refractivity contribution is 0.424. The minimum atomic E-state index is 0.178. The molecule has 0 saturated carbocycles. The van der Waals surface area contributed by atoms with Gasteiger partial charge in [0.1, 0.15) is 0 Å². The highest BCUT2D eigenvalue weighted by molar-refractivity contribution is 7.73. The molecule has 0 fully saturated rings. The smallest absolute Gasteiger partial charge is 0.210 e. The molecule has 0 bridgehead atoms. The van der Waals surface area contributed by atoms with Gasteiger partial charge in [-0.1, -0.05) is 36.4 Å². The van der Waals surface area contributed by atoms with Crippen molar-refractivity contribution in [2.24, 2.45) is 4.99 Å². The fourth-order valence-corrected chi connectivity index (χ4v) is 2.95. The Labute approximate surface area is 138 Å². The number of aliphatic imine (C=N–C) groups is 1. The van der Waals surface area contributed by atoms with E-state index in [-0.39, 0.29) is 5.88 Å².